The SMILES string of the molecule is Cc1ccc(-c2cc(C(=O)NC(C)c3ccc4c(c3)NC(=O)CO4)c3c(C)noc3n2)cc1. The molecule has 2 aromatic heterocycles. The summed E-state index contributed by atoms with van der Waals surface area (Å²) in [6.45, 7) is 5.67. The maximum absolute atomic E-state index is 13.4. The van der Waals surface area contributed by atoms with Crippen LogP contribution in [0.1, 0.15) is 40.1 Å². The minimum Gasteiger partial charge on any atom is -0.482 e. The van der Waals surface area contributed by atoms with Gasteiger partial charge in [-0.2, -0.15) is 0 Å². The summed E-state index contributed by atoms with van der Waals surface area (Å²) in [6, 6.07) is 14.8. The van der Waals surface area contributed by atoms with E-state index in [1.165, 1.54) is 0 Å². The molecule has 3 heterocycles. The smallest absolute Gasteiger partial charge is 0.262 e. The quantitative estimate of drug-likeness (QED) is 0.487. The van der Waals surface area contributed by atoms with E-state index < -0.39 is 0 Å². The van der Waals surface area contributed by atoms with Gasteiger partial charge < -0.3 is 19.9 Å². The number of rotatable bonds is 4. The van der Waals surface area contributed by atoms with E-state index in [0.717, 1.165) is 16.7 Å². The van der Waals surface area contributed by atoms with Gasteiger partial charge in [-0.05, 0) is 44.5 Å². The van der Waals surface area contributed by atoms with Crippen LogP contribution in [0.3, 0.4) is 0 Å². The van der Waals surface area contributed by atoms with Crippen LogP contribution in [0, 0.1) is 13.8 Å². The van der Waals surface area contributed by atoms with E-state index in [0.29, 0.717) is 39.5 Å². The number of carbonyl (C=O) groups is 2. The first kappa shape index (κ1) is 20.7. The van der Waals surface area contributed by atoms with Crippen LogP contribution in [-0.2, 0) is 4.79 Å². The largest absolute Gasteiger partial charge is 0.482 e. The lowest BCUT2D eigenvalue weighted by Gasteiger charge is -2.21. The molecule has 0 saturated heterocycles. The Morgan fingerprint density at radius 3 is 2.70 bits per heavy atom. The van der Waals surface area contributed by atoms with Crippen molar-refractivity contribution in [1.29, 1.82) is 0 Å². The van der Waals surface area contributed by atoms with E-state index in [4.69, 9.17) is 9.26 Å². The maximum atomic E-state index is 13.4. The molecule has 0 saturated carbocycles. The second-order valence-corrected chi connectivity index (χ2v) is 8.16. The third-order valence-electron chi connectivity index (χ3n) is 5.69. The number of anilines is 1. The zero-order chi connectivity index (χ0) is 23.1. The number of nitrogens with one attached hydrogen (secondary N) is 2. The minimum atomic E-state index is -0.326. The van der Waals surface area contributed by atoms with Gasteiger partial charge in [-0.15, -0.1) is 0 Å². The number of fused-ring (bicyclic) bond motifs is 2. The standard InChI is InChI=1S/C25H22N4O4/c1-13-4-6-16(7-5-13)19-11-18(23-15(3)29-33-25(23)28-19)24(31)26-14(2)17-8-9-21-20(10-17)27-22(30)12-32-21/h4-11,14H,12H2,1-3H3,(H,26,31)(H,27,30). The van der Waals surface area contributed by atoms with Crippen molar-refractivity contribution < 1.29 is 18.8 Å². The van der Waals surface area contributed by atoms with E-state index in [2.05, 4.69) is 20.8 Å². The molecule has 1 aliphatic heterocycles. The van der Waals surface area contributed by atoms with Gasteiger partial charge in [0.05, 0.1) is 34.1 Å². The lowest BCUT2D eigenvalue weighted by atomic mass is 10.0. The van der Waals surface area contributed by atoms with E-state index in [-0.39, 0.29) is 24.5 Å². The average molecular weight is 442 g/mol. The third kappa shape index (κ3) is 3.91. The Hall–Kier alpha value is -4.20. The van der Waals surface area contributed by atoms with Crippen LogP contribution >= 0.6 is 0 Å². The van der Waals surface area contributed by atoms with Crippen LogP contribution in [-0.4, -0.2) is 28.6 Å². The van der Waals surface area contributed by atoms with Gasteiger partial charge in [0.2, 0.25) is 0 Å². The number of amides is 2. The van der Waals surface area contributed by atoms with E-state index in [9.17, 15) is 9.59 Å². The van der Waals surface area contributed by atoms with Crippen LogP contribution in [0.15, 0.2) is 53.1 Å². The summed E-state index contributed by atoms with van der Waals surface area (Å²) in [5, 5.41) is 10.4. The number of carbonyl (C=O) groups excluding carboxylic acids is 2. The molecule has 1 aliphatic rings. The molecule has 2 N–H and O–H groups in total. The Balaban J connectivity index is 1.48. The van der Waals surface area contributed by atoms with Gasteiger partial charge >= 0.3 is 0 Å². The van der Waals surface area contributed by atoms with Crippen molar-refractivity contribution in [3.05, 3.63) is 70.9 Å². The van der Waals surface area contributed by atoms with Gasteiger partial charge in [-0.1, -0.05) is 41.1 Å². The highest BCUT2D eigenvalue weighted by Crippen LogP contribution is 2.31. The number of aryl methyl sites for hydroxylation is 2. The fourth-order valence-electron chi connectivity index (χ4n) is 3.87. The normalized spacial score (nSPS) is 13.7. The molecule has 1 atom stereocenters. The first-order valence-electron chi connectivity index (χ1n) is 10.6. The summed E-state index contributed by atoms with van der Waals surface area (Å²) >= 11 is 0. The predicted molar refractivity (Wildman–Crippen MR) is 123 cm³/mol. The molecule has 0 radical (unpaired) electrons. The Kier molecular flexibility index (Phi) is 5.05. The Labute approximate surface area is 189 Å². The summed E-state index contributed by atoms with van der Waals surface area (Å²) in [5.41, 5.74) is 5.42. The number of hydrogen-bond acceptors (Lipinski definition) is 6. The molecule has 0 bridgehead atoms. The van der Waals surface area contributed by atoms with E-state index in [1.807, 2.05) is 50.2 Å². The molecule has 33 heavy (non-hydrogen) atoms. The van der Waals surface area contributed by atoms with Crippen molar-refractivity contribution in [1.82, 2.24) is 15.5 Å². The summed E-state index contributed by atoms with van der Waals surface area (Å²) < 4.78 is 10.8. The molecule has 0 aliphatic carbocycles. The highest BCUT2D eigenvalue weighted by molar-refractivity contribution is 6.07. The average Bonchev–Trinajstić information content (AvgIpc) is 3.19. The number of pyridine rings is 1. The number of ether oxygens (including phenoxy) is 1. The Morgan fingerprint density at radius 2 is 1.91 bits per heavy atom. The number of aromatic nitrogens is 2. The molecular formula is C25H22N4O4. The molecule has 4 aromatic rings. The second-order valence-electron chi connectivity index (χ2n) is 8.16. The monoisotopic (exact) mass is 442 g/mol. The molecule has 2 aromatic carbocycles. The molecule has 8 nitrogen and oxygen atoms in total. The summed E-state index contributed by atoms with van der Waals surface area (Å²) in [6.07, 6.45) is 0. The summed E-state index contributed by atoms with van der Waals surface area (Å²) in [4.78, 5) is 29.6. The van der Waals surface area contributed by atoms with Crippen molar-refractivity contribution >= 4 is 28.6 Å². The van der Waals surface area contributed by atoms with Crippen molar-refractivity contribution in [2.45, 2.75) is 26.8 Å². The van der Waals surface area contributed by atoms with Crippen LogP contribution in [0.5, 0.6) is 5.75 Å². The van der Waals surface area contributed by atoms with Gasteiger partial charge in [-0.25, -0.2) is 4.98 Å². The molecule has 0 fully saturated rings. The molecule has 1 unspecified atom stereocenters. The Morgan fingerprint density at radius 1 is 1.12 bits per heavy atom. The molecule has 8 heteroatoms. The number of benzene rings is 2. The first-order chi connectivity index (χ1) is 15.9. The highest BCUT2D eigenvalue weighted by atomic mass is 16.5. The Bertz CT molecular complexity index is 1390. The maximum Gasteiger partial charge on any atom is 0.262 e. The van der Waals surface area contributed by atoms with Gasteiger partial charge in [-0.3, -0.25) is 9.59 Å². The zero-order valence-corrected chi connectivity index (χ0v) is 18.4. The van der Waals surface area contributed by atoms with E-state index in [1.54, 1.807) is 19.1 Å². The molecule has 166 valence electrons. The van der Waals surface area contributed by atoms with Gasteiger partial charge in [0.25, 0.3) is 17.5 Å². The lowest BCUT2D eigenvalue weighted by Crippen LogP contribution is -2.28. The van der Waals surface area contributed by atoms with Crippen LogP contribution in [0.25, 0.3) is 22.4 Å². The fourth-order valence-corrected chi connectivity index (χ4v) is 3.87. The third-order valence-corrected chi connectivity index (χ3v) is 5.69. The van der Waals surface area contributed by atoms with Crippen molar-refractivity contribution in [3.8, 4) is 17.0 Å². The van der Waals surface area contributed by atoms with Gasteiger partial charge in [0.1, 0.15) is 5.75 Å². The molecule has 0 spiro atoms. The lowest BCUT2D eigenvalue weighted by molar-refractivity contribution is -0.118. The summed E-state index contributed by atoms with van der Waals surface area (Å²) in [5.74, 6) is 0.130. The van der Waals surface area contributed by atoms with Crippen molar-refractivity contribution in [3.63, 3.8) is 0 Å². The topological polar surface area (TPSA) is 106 Å². The molecule has 2 amide bonds. The fraction of sp³-hybridized carbons (Fsp3) is 0.200. The van der Waals surface area contributed by atoms with E-state index >= 15 is 0 Å². The summed E-state index contributed by atoms with van der Waals surface area (Å²) in [7, 11) is 0. The predicted octanol–water partition coefficient (Wildman–Crippen LogP) is 4.33. The van der Waals surface area contributed by atoms with Crippen LogP contribution in [0.4, 0.5) is 5.69 Å². The highest BCUT2D eigenvalue weighted by Gasteiger charge is 2.22. The molecule has 5 rings (SSSR count). The minimum absolute atomic E-state index is 0.00190. The van der Waals surface area contributed by atoms with Crippen molar-refractivity contribution in [2.75, 3.05) is 11.9 Å². The van der Waals surface area contributed by atoms with Crippen LogP contribution < -0.4 is 15.4 Å². The van der Waals surface area contributed by atoms with Gasteiger partial charge in [0.15, 0.2) is 6.61 Å². The molecular weight excluding hydrogens is 420 g/mol. The number of hydrogen-bond donors (Lipinski definition) is 2. The first-order valence-corrected chi connectivity index (χ1v) is 10.6. The second kappa shape index (κ2) is 8.05. The zero-order valence-electron chi connectivity index (χ0n) is 18.4. The van der Waals surface area contributed by atoms with Crippen molar-refractivity contribution in [2.24, 2.45) is 0 Å². The number of nitrogens with zero attached hydrogens (tertiary/aromatic N) is 2. The van der Waals surface area contributed by atoms with Crippen LogP contribution in [0.2, 0.25) is 0 Å². The van der Waals surface area contributed by atoms with Gasteiger partial charge in [0, 0.05) is 5.56 Å².